The van der Waals surface area contributed by atoms with Gasteiger partial charge in [-0.05, 0) is 32.2 Å². The molecule has 2 aromatic heterocycles. The molecule has 1 atom stereocenters. The Hall–Kier alpha value is -4.55. The second kappa shape index (κ2) is 13.0. The number of rotatable bonds is 12. The van der Waals surface area contributed by atoms with Crippen LogP contribution in [-0.4, -0.2) is 61.0 Å². The maximum Gasteiger partial charge on any atom is 0.261 e. The zero-order valence-electron chi connectivity index (χ0n) is 22.0. The molecule has 2 aromatic carbocycles. The molecule has 0 saturated heterocycles. The molecule has 4 rings (SSSR count). The van der Waals surface area contributed by atoms with E-state index >= 15 is 8.78 Å². The highest BCUT2D eigenvalue weighted by molar-refractivity contribution is 6.06. The summed E-state index contributed by atoms with van der Waals surface area (Å²) < 4.78 is 52.4. The highest BCUT2D eigenvalue weighted by Crippen LogP contribution is 2.38. The Morgan fingerprint density at radius 1 is 1.02 bits per heavy atom. The van der Waals surface area contributed by atoms with E-state index in [4.69, 9.17) is 18.9 Å². The molecule has 10 nitrogen and oxygen atoms in total. The first-order valence-corrected chi connectivity index (χ1v) is 12.3. The maximum atomic E-state index is 15.1. The first kappa shape index (κ1) is 28.5. The van der Waals surface area contributed by atoms with Crippen LogP contribution in [0.4, 0.5) is 14.5 Å². The molecular weight excluding hydrogens is 526 g/mol. The summed E-state index contributed by atoms with van der Waals surface area (Å²) in [5.74, 6) is -2.32. The van der Waals surface area contributed by atoms with Crippen molar-refractivity contribution >= 4 is 22.5 Å². The van der Waals surface area contributed by atoms with Crippen LogP contribution in [0.25, 0.3) is 10.9 Å². The van der Waals surface area contributed by atoms with Crippen molar-refractivity contribution in [3.8, 4) is 28.7 Å². The van der Waals surface area contributed by atoms with Crippen LogP contribution in [0.1, 0.15) is 17.3 Å². The zero-order chi connectivity index (χ0) is 28.6. The number of benzene rings is 2. The summed E-state index contributed by atoms with van der Waals surface area (Å²) in [5.41, 5.74) is 0.339. The normalized spacial score (nSPS) is 11.7. The summed E-state index contributed by atoms with van der Waals surface area (Å²) in [6.45, 7) is 2.48. The minimum atomic E-state index is -1.05. The quantitative estimate of drug-likeness (QED) is 0.220. The van der Waals surface area contributed by atoms with Gasteiger partial charge in [0.05, 0.1) is 24.3 Å². The number of hydrogen-bond donors (Lipinski definition) is 3. The molecule has 0 fully saturated rings. The van der Waals surface area contributed by atoms with E-state index in [9.17, 15) is 9.90 Å². The maximum absolute atomic E-state index is 15.1. The van der Waals surface area contributed by atoms with Gasteiger partial charge in [0.15, 0.2) is 28.9 Å². The van der Waals surface area contributed by atoms with Gasteiger partial charge >= 0.3 is 0 Å². The van der Waals surface area contributed by atoms with Crippen molar-refractivity contribution in [3.05, 3.63) is 72.2 Å². The van der Waals surface area contributed by atoms with Crippen molar-refractivity contribution < 1.29 is 37.6 Å². The molecule has 0 saturated carbocycles. The Morgan fingerprint density at radius 3 is 2.48 bits per heavy atom. The number of amides is 1. The Morgan fingerprint density at radius 2 is 1.77 bits per heavy atom. The largest absolute Gasteiger partial charge is 0.493 e. The van der Waals surface area contributed by atoms with Gasteiger partial charge in [-0.2, -0.15) is 0 Å². The third-order valence-corrected chi connectivity index (χ3v) is 5.57. The Kier molecular flexibility index (Phi) is 9.25. The number of anilines is 1. The number of hydrogen-bond acceptors (Lipinski definition) is 9. The molecule has 0 radical (unpaired) electrons. The van der Waals surface area contributed by atoms with Gasteiger partial charge in [0.25, 0.3) is 5.91 Å². The predicted octanol–water partition coefficient (Wildman–Crippen LogP) is 4.32. The van der Waals surface area contributed by atoms with E-state index in [1.165, 1.54) is 44.8 Å². The van der Waals surface area contributed by atoms with Crippen LogP contribution >= 0.6 is 0 Å². The number of likely N-dealkylation sites (N-methyl/N-ethyl adjacent to an activating group) is 1. The predicted molar refractivity (Wildman–Crippen MR) is 144 cm³/mol. The van der Waals surface area contributed by atoms with Crippen molar-refractivity contribution in [1.29, 1.82) is 0 Å². The number of nitrogens with one attached hydrogen (secondary N) is 2. The van der Waals surface area contributed by atoms with E-state index in [1.54, 1.807) is 19.2 Å². The van der Waals surface area contributed by atoms with Gasteiger partial charge in [-0.1, -0.05) is 0 Å². The van der Waals surface area contributed by atoms with Crippen LogP contribution in [0.2, 0.25) is 0 Å². The van der Waals surface area contributed by atoms with Crippen LogP contribution in [0.15, 0.2) is 55.0 Å². The Labute approximate surface area is 228 Å². The first-order chi connectivity index (χ1) is 19.3. The van der Waals surface area contributed by atoms with E-state index in [0.29, 0.717) is 35.6 Å². The van der Waals surface area contributed by atoms with Crippen molar-refractivity contribution in [3.63, 3.8) is 0 Å². The molecule has 4 aromatic rings. The standard InChI is InChI=1S/C28H28F2N4O6/c1-16(35)15-39-23-4-6-32-14-19(23)28(36)34-17-10-20(29)27(21(30)11-17)40-24-5-7-33-22-13-26(38-9-8-31-2)25(37-3)12-18(22)24/h4-7,10-14,16,31,35H,8-9,15H2,1-3H3,(H,34,36). The van der Waals surface area contributed by atoms with Crippen LogP contribution in [0, 0.1) is 11.6 Å². The van der Waals surface area contributed by atoms with Crippen molar-refractivity contribution in [2.24, 2.45) is 0 Å². The molecular formula is C28H28F2N4O6. The van der Waals surface area contributed by atoms with E-state index in [-0.39, 0.29) is 29.4 Å². The van der Waals surface area contributed by atoms with Crippen LogP contribution < -0.4 is 29.6 Å². The summed E-state index contributed by atoms with van der Waals surface area (Å²) >= 11 is 0. The molecule has 2 heterocycles. The number of carbonyl (C=O) groups is 1. The van der Waals surface area contributed by atoms with Gasteiger partial charge < -0.3 is 34.7 Å². The number of halogens is 2. The van der Waals surface area contributed by atoms with Gasteiger partial charge in [0.1, 0.15) is 24.7 Å². The van der Waals surface area contributed by atoms with Gasteiger partial charge in [-0.3, -0.25) is 14.8 Å². The molecule has 0 aliphatic carbocycles. The average molecular weight is 555 g/mol. The third kappa shape index (κ3) is 6.71. The highest BCUT2D eigenvalue weighted by Gasteiger charge is 2.20. The topological polar surface area (TPSA) is 124 Å². The fourth-order valence-corrected chi connectivity index (χ4v) is 3.68. The zero-order valence-corrected chi connectivity index (χ0v) is 22.0. The molecule has 40 heavy (non-hydrogen) atoms. The minimum Gasteiger partial charge on any atom is -0.493 e. The van der Waals surface area contributed by atoms with Crippen LogP contribution in [0.5, 0.6) is 28.7 Å². The molecule has 1 amide bonds. The lowest BCUT2D eigenvalue weighted by Crippen LogP contribution is -2.17. The Bertz CT molecular complexity index is 1480. The Balaban J connectivity index is 1.57. The summed E-state index contributed by atoms with van der Waals surface area (Å²) in [6, 6.07) is 8.04. The average Bonchev–Trinajstić information content (AvgIpc) is 2.93. The lowest BCUT2D eigenvalue weighted by atomic mass is 10.1. The first-order valence-electron chi connectivity index (χ1n) is 12.3. The van der Waals surface area contributed by atoms with Gasteiger partial charge in [0, 0.05) is 54.4 Å². The van der Waals surface area contributed by atoms with E-state index in [1.807, 2.05) is 0 Å². The van der Waals surface area contributed by atoms with E-state index in [0.717, 1.165) is 12.1 Å². The summed E-state index contributed by atoms with van der Waals surface area (Å²) in [5, 5.41) is 15.3. The van der Waals surface area contributed by atoms with Crippen molar-refractivity contribution in [2.75, 3.05) is 39.2 Å². The molecule has 0 spiro atoms. The molecule has 0 aliphatic heterocycles. The number of aromatic nitrogens is 2. The summed E-state index contributed by atoms with van der Waals surface area (Å²) in [4.78, 5) is 21.0. The molecule has 0 aliphatic rings. The number of carbonyl (C=O) groups excluding carboxylic acids is 1. The monoisotopic (exact) mass is 554 g/mol. The SMILES string of the molecule is CNCCOc1cc2nccc(Oc3c(F)cc(NC(=O)c4cnccc4OCC(C)O)cc3F)c2cc1OC. The number of aliphatic hydroxyl groups is 1. The lowest BCUT2D eigenvalue weighted by Gasteiger charge is -2.15. The van der Waals surface area contributed by atoms with Gasteiger partial charge in [-0.15, -0.1) is 0 Å². The number of aliphatic hydroxyl groups excluding tert-OH is 1. The van der Waals surface area contributed by atoms with Crippen LogP contribution in [-0.2, 0) is 0 Å². The minimum absolute atomic E-state index is 0.0239. The van der Waals surface area contributed by atoms with E-state index < -0.39 is 29.4 Å². The van der Waals surface area contributed by atoms with Crippen molar-refractivity contribution in [2.45, 2.75) is 13.0 Å². The van der Waals surface area contributed by atoms with Gasteiger partial charge in [-0.25, -0.2) is 8.78 Å². The molecule has 210 valence electrons. The number of nitrogens with zero attached hydrogens (tertiary/aromatic N) is 2. The number of methoxy groups -OCH3 is 1. The lowest BCUT2D eigenvalue weighted by molar-refractivity contribution is 0.100. The summed E-state index contributed by atoms with van der Waals surface area (Å²) in [7, 11) is 3.28. The summed E-state index contributed by atoms with van der Waals surface area (Å²) in [6.07, 6.45) is 3.33. The highest BCUT2D eigenvalue weighted by atomic mass is 19.1. The molecule has 0 bridgehead atoms. The molecule has 1 unspecified atom stereocenters. The van der Waals surface area contributed by atoms with Gasteiger partial charge in [0.2, 0.25) is 0 Å². The number of pyridine rings is 2. The fraction of sp³-hybridized carbons (Fsp3) is 0.250. The second-order valence-electron chi connectivity index (χ2n) is 8.64. The molecule has 12 heteroatoms. The smallest absolute Gasteiger partial charge is 0.261 e. The van der Waals surface area contributed by atoms with Crippen molar-refractivity contribution in [1.82, 2.24) is 15.3 Å². The third-order valence-electron chi connectivity index (χ3n) is 5.57. The molecule has 3 N–H and O–H groups in total. The number of ether oxygens (including phenoxy) is 4. The second-order valence-corrected chi connectivity index (χ2v) is 8.64. The number of fused-ring (bicyclic) bond motifs is 1. The van der Waals surface area contributed by atoms with E-state index in [2.05, 4.69) is 20.6 Å². The fourth-order valence-electron chi connectivity index (χ4n) is 3.68. The van der Waals surface area contributed by atoms with Crippen LogP contribution in [0.3, 0.4) is 0 Å².